The maximum atomic E-state index is 12.0. The molecule has 1 fully saturated rings. The summed E-state index contributed by atoms with van der Waals surface area (Å²) in [5.41, 5.74) is 0.325. The Labute approximate surface area is 110 Å². The Kier molecular flexibility index (Phi) is 3.96. The van der Waals surface area contributed by atoms with Gasteiger partial charge < -0.3 is 9.64 Å². The van der Waals surface area contributed by atoms with E-state index in [1.807, 2.05) is 0 Å². The van der Waals surface area contributed by atoms with Crippen LogP contribution < -0.4 is 0 Å². The highest BCUT2D eigenvalue weighted by molar-refractivity contribution is 7.11. The van der Waals surface area contributed by atoms with Crippen molar-refractivity contribution in [2.75, 3.05) is 20.2 Å². The van der Waals surface area contributed by atoms with Crippen LogP contribution in [0.3, 0.4) is 0 Å². The van der Waals surface area contributed by atoms with E-state index in [-0.39, 0.29) is 10.9 Å². The summed E-state index contributed by atoms with van der Waals surface area (Å²) in [6.45, 7) is 2.81. The number of nitrogens with zero attached hydrogens (tertiary/aromatic N) is 2. The van der Waals surface area contributed by atoms with Crippen LogP contribution in [-0.2, 0) is 4.74 Å². The number of hydrogen-bond donors (Lipinski definition) is 0. The van der Waals surface area contributed by atoms with Gasteiger partial charge in [0.1, 0.15) is 5.69 Å². The molecule has 1 aliphatic rings. The van der Waals surface area contributed by atoms with Crippen LogP contribution in [0.1, 0.15) is 40.1 Å². The first-order valence-corrected chi connectivity index (χ1v) is 6.88. The highest BCUT2D eigenvalue weighted by Gasteiger charge is 2.26. The highest BCUT2D eigenvalue weighted by Crippen LogP contribution is 2.29. The van der Waals surface area contributed by atoms with Crippen molar-refractivity contribution in [3.8, 4) is 0 Å². The molecule has 6 heteroatoms. The lowest BCUT2D eigenvalue weighted by Crippen LogP contribution is -2.29. The fourth-order valence-corrected chi connectivity index (χ4v) is 2.31. The van der Waals surface area contributed by atoms with Crippen LogP contribution in [0.15, 0.2) is 5.38 Å². The maximum Gasteiger partial charge on any atom is 0.367 e. The number of esters is 1. The second kappa shape index (κ2) is 5.48. The number of rotatable bonds is 5. The van der Waals surface area contributed by atoms with E-state index in [0.29, 0.717) is 18.2 Å². The predicted molar refractivity (Wildman–Crippen MR) is 67.8 cm³/mol. The van der Waals surface area contributed by atoms with E-state index >= 15 is 0 Å². The van der Waals surface area contributed by atoms with Crippen LogP contribution >= 0.6 is 11.3 Å². The van der Waals surface area contributed by atoms with E-state index < -0.39 is 5.97 Å². The Bertz CT molecular complexity index is 454. The van der Waals surface area contributed by atoms with Gasteiger partial charge in [0.25, 0.3) is 5.91 Å². The number of amides is 1. The molecule has 0 saturated heterocycles. The third kappa shape index (κ3) is 3.07. The maximum absolute atomic E-state index is 12.0. The normalized spacial score (nSPS) is 14.3. The topological polar surface area (TPSA) is 59.5 Å². The molecule has 98 valence electrons. The van der Waals surface area contributed by atoms with Crippen LogP contribution in [-0.4, -0.2) is 42.0 Å². The SMILES string of the molecule is CCOC(=O)c1nc(C(=O)N(C)CC2CC2)cs1. The van der Waals surface area contributed by atoms with Crippen molar-refractivity contribution < 1.29 is 14.3 Å². The van der Waals surface area contributed by atoms with E-state index in [2.05, 4.69) is 4.98 Å². The van der Waals surface area contributed by atoms with Crippen LogP contribution in [0.25, 0.3) is 0 Å². The molecule has 0 aliphatic heterocycles. The molecule has 2 rings (SSSR count). The summed E-state index contributed by atoms with van der Waals surface area (Å²) in [4.78, 5) is 29.2. The van der Waals surface area contributed by atoms with Crippen molar-refractivity contribution in [2.45, 2.75) is 19.8 Å². The van der Waals surface area contributed by atoms with Gasteiger partial charge >= 0.3 is 5.97 Å². The minimum atomic E-state index is -0.466. The second-order valence-electron chi connectivity index (χ2n) is 4.39. The van der Waals surface area contributed by atoms with Crippen LogP contribution in [0.5, 0.6) is 0 Å². The highest BCUT2D eigenvalue weighted by atomic mass is 32.1. The summed E-state index contributed by atoms with van der Waals surface area (Å²) in [6, 6.07) is 0. The lowest BCUT2D eigenvalue weighted by molar-refractivity contribution is 0.0526. The summed E-state index contributed by atoms with van der Waals surface area (Å²) in [7, 11) is 1.77. The second-order valence-corrected chi connectivity index (χ2v) is 5.25. The molecule has 1 saturated carbocycles. The number of carbonyl (C=O) groups is 2. The van der Waals surface area contributed by atoms with Crippen molar-refractivity contribution in [3.63, 3.8) is 0 Å². The van der Waals surface area contributed by atoms with Gasteiger partial charge in [-0.15, -0.1) is 11.3 Å². The number of ether oxygens (including phenoxy) is 1. The third-order valence-electron chi connectivity index (χ3n) is 2.75. The van der Waals surface area contributed by atoms with Gasteiger partial charge in [0.15, 0.2) is 0 Å². The minimum absolute atomic E-state index is 0.131. The molecule has 0 bridgehead atoms. The van der Waals surface area contributed by atoms with Gasteiger partial charge in [0.2, 0.25) is 5.01 Å². The first-order chi connectivity index (χ1) is 8.61. The molecule has 0 unspecified atom stereocenters. The molecule has 18 heavy (non-hydrogen) atoms. The fourth-order valence-electron chi connectivity index (χ4n) is 1.62. The van der Waals surface area contributed by atoms with Gasteiger partial charge in [-0.3, -0.25) is 4.79 Å². The molecule has 0 spiro atoms. The van der Waals surface area contributed by atoms with Crippen molar-refractivity contribution >= 4 is 23.2 Å². The summed E-state index contributed by atoms with van der Waals surface area (Å²) >= 11 is 1.14. The third-order valence-corrected chi connectivity index (χ3v) is 3.57. The molecule has 0 aromatic carbocycles. The number of carbonyl (C=O) groups excluding carboxylic acids is 2. The van der Waals surface area contributed by atoms with Crippen LogP contribution in [0.4, 0.5) is 0 Å². The Morgan fingerprint density at radius 3 is 2.89 bits per heavy atom. The molecule has 0 atom stereocenters. The first kappa shape index (κ1) is 13.0. The molecule has 0 radical (unpaired) electrons. The Morgan fingerprint density at radius 1 is 1.56 bits per heavy atom. The van der Waals surface area contributed by atoms with Gasteiger partial charge in [-0.2, -0.15) is 0 Å². The van der Waals surface area contributed by atoms with Crippen molar-refractivity contribution in [1.29, 1.82) is 0 Å². The summed E-state index contributed by atoms with van der Waals surface area (Å²) in [6.07, 6.45) is 2.39. The van der Waals surface area contributed by atoms with Crippen LogP contribution in [0.2, 0.25) is 0 Å². The van der Waals surface area contributed by atoms with Gasteiger partial charge in [-0.25, -0.2) is 9.78 Å². The largest absolute Gasteiger partial charge is 0.461 e. The zero-order chi connectivity index (χ0) is 13.1. The van der Waals surface area contributed by atoms with Gasteiger partial charge in [0.05, 0.1) is 6.61 Å². The zero-order valence-corrected chi connectivity index (χ0v) is 11.3. The predicted octanol–water partition coefficient (Wildman–Crippen LogP) is 1.80. The Morgan fingerprint density at radius 2 is 2.28 bits per heavy atom. The molecular weight excluding hydrogens is 252 g/mol. The molecule has 0 N–H and O–H groups in total. The van der Waals surface area contributed by atoms with Gasteiger partial charge in [-0.1, -0.05) is 0 Å². The molecule has 1 heterocycles. The lowest BCUT2D eigenvalue weighted by atomic mass is 10.3. The molecule has 5 nitrogen and oxygen atoms in total. The molecule has 1 aromatic heterocycles. The van der Waals surface area contributed by atoms with E-state index in [0.717, 1.165) is 17.9 Å². The number of hydrogen-bond acceptors (Lipinski definition) is 5. The van der Waals surface area contributed by atoms with Gasteiger partial charge in [0, 0.05) is 19.0 Å². The number of aromatic nitrogens is 1. The summed E-state index contributed by atoms with van der Waals surface area (Å²) < 4.78 is 4.84. The smallest absolute Gasteiger partial charge is 0.367 e. The molecule has 1 aromatic rings. The number of thiazole rings is 1. The van der Waals surface area contributed by atoms with Gasteiger partial charge in [-0.05, 0) is 25.7 Å². The minimum Gasteiger partial charge on any atom is -0.461 e. The monoisotopic (exact) mass is 268 g/mol. The fraction of sp³-hybridized carbons (Fsp3) is 0.583. The van der Waals surface area contributed by atoms with E-state index in [1.165, 1.54) is 12.8 Å². The summed E-state index contributed by atoms with van der Waals surface area (Å²) in [5.74, 6) is 0.0437. The van der Waals surface area contributed by atoms with Crippen molar-refractivity contribution in [3.05, 3.63) is 16.1 Å². The quantitative estimate of drug-likeness (QED) is 0.764. The average molecular weight is 268 g/mol. The van der Waals surface area contributed by atoms with E-state index in [4.69, 9.17) is 4.74 Å². The lowest BCUT2D eigenvalue weighted by Gasteiger charge is -2.14. The standard InChI is InChI=1S/C12H16N2O3S/c1-3-17-12(16)10-13-9(7-18-10)11(15)14(2)6-8-4-5-8/h7-8H,3-6H2,1-2H3. The molecule has 1 aliphatic carbocycles. The van der Waals surface area contributed by atoms with Crippen molar-refractivity contribution in [2.24, 2.45) is 5.92 Å². The Balaban J connectivity index is 1.99. The first-order valence-electron chi connectivity index (χ1n) is 6.00. The van der Waals surface area contributed by atoms with Crippen LogP contribution in [0, 0.1) is 5.92 Å². The zero-order valence-electron chi connectivity index (χ0n) is 10.5. The molecule has 1 amide bonds. The average Bonchev–Trinajstić information content (AvgIpc) is 3.02. The van der Waals surface area contributed by atoms with Crippen molar-refractivity contribution in [1.82, 2.24) is 9.88 Å². The Hall–Kier alpha value is -1.43. The molecular formula is C12H16N2O3S. The van der Waals surface area contributed by atoms with E-state index in [1.54, 1.807) is 24.3 Å². The summed E-state index contributed by atoms with van der Waals surface area (Å²) in [5, 5.41) is 1.85. The van der Waals surface area contributed by atoms with E-state index in [9.17, 15) is 9.59 Å².